The van der Waals surface area contributed by atoms with Gasteiger partial charge in [-0.25, -0.2) is 4.79 Å². The van der Waals surface area contributed by atoms with Crippen molar-refractivity contribution in [2.24, 2.45) is 0 Å². The van der Waals surface area contributed by atoms with Crippen LogP contribution in [0.5, 0.6) is 0 Å². The lowest BCUT2D eigenvalue weighted by Gasteiger charge is -2.44. The summed E-state index contributed by atoms with van der Waals surface area (Å²) < 4.78 is 105. The molecule has 2 unspecified atom stereocenters. The van der Waals surface area contributed by atoms with E-state index in [1.54, 1.807) is 24.3 Å². The van der Waals surface area contributed by atoms with Gasteiger partial charge < -0.3 is 9.47 Å². The van der Waals surface area contributed by atoms with Crippen molar-refractivity contribution < 1.29 is 49.2 Å². The highest BCUT2D eigenvalue weighted by atomic mass is 32.2. The van der Waals surface area contributed by atoms with E-state index in [-0.39, 0.29) is 12.3 Å². The van der Waals surface area contributed by atoms with Crippen LogP contribution >= 0.6 is 0 Å². The van der Waals surface area contributed by atoms with E-state index >= 15 is 0 Å². The summed E-state index contributed by atoms with van der Waals surface area (Å²) in [6.45, 7) is 0. The summed E-state index contributed by atoms with van der Waals surface area (Å²) in [5, 5.41) is -5.82. The first-order chi connectivity index (χ1) is 14.8. The molecule has 6 nitrogen and oxygen atoms in total. The lowest BCUT2D eigenvalue weighted by Crippen LogP contribution is -2.52. The molecular weight excluding hydrogens is 463 g/mol. The van der Waals surface area contributed by atoms with Gasteiger partial charge in [0.25, 0.3) is 6.10 Å². The Hall–Kier alpha value is -2.73. The van der Waals surface area contributed by atoms with Gasteiger partial charge in [-0.2, -0.15) is 30.4 Å². The van der Waals surface area contributed by atoms with Gasteiger partial charge >= 0.3 is 27.7 Å². The standard InChI is InChI=1S/C20H15F5O6S/c21-19(22,23)17(20(24,25)32(27,28)29)31-18(26)30-15-9-14-10-5-1-3-7-12(10)16(15)13-8-4-2-6-11(13)14/h1-8,14-17H,9H2,(H,27,28,29). The topological polar surface area (TPSA) is 89.9 Å². The largest absolute Gasteiger partial charge is 0.509 e. The summed E-state index contributed by atoms with van der Waals surface area (Å²) in [6, 6.07) is 14.4. The second-order valence-electron chi connectivity index (χ2n) is 7.51. The fourth-order valence-electron chi connectivity index (χ4n) is 4.41. The Morgan fingerprint density at radius 1 is 0.938 bits per heavy atom. The van der Waals surface area contributed by atoms with Gasteiger partial charge in [0.2, 0.25) is 0 Å². The molecule has 3 aliphatic rings. The van der Waals surface area contributed by atoms with Crippen LogP contribution in [0, 0.1) is 0 Å². The zero-order chi connectivity index (χ0) is 23.5. The van der Waals surface area contributed by atoms with Crippen molar-refractivity contribution in [2.75, 3.05) is 0 Å². The van der Waals surface area contributed by atoms with Crippen LogP contribution in [0.1, 0.15) is 40.5 Å². The van der Waals surface area contributed by atoms with Crippen LogP contribution in [-0.4, -0.2) is 42.8 Å². The highest BCUT2D eigenvalue weighted by Gasteiger charge is 2.66. The molecule has 0 fully saturated rings. The molecule has 0 aromatic heterocycles. The maximum atomic E-state index is 13.7. The summed E-state index contributed by atoms with van der Waals surface area (Å²) in [5.41, 5.74) is 3.46. The van der Waals surface area contributed by atoms with E-state index < -0.39 is 45.8 Å². The molecule has 2 aromatic carbocycles. The summed E-state index contributed by atoms with van der Waals surface area (Å²) >= 11 is 0. The Morgan fingerprint density at radius 2 is 1.41 bits per heavy atom. The van der Waals surface area contributed by atoms with Crippen LogP contribution in [0.15, 0.2) is 48.5 Å². The fraction of sp³-hybridized carbons (Fsp3) is 0.350. The van der Waals surface area contributed by atoms with Crippen LogP contribution < -0.4 is 0 Å². The van der Waals surface area contributed by atoms with Crippen LogP contribution in [-0.2, 0) is 19.6 Å². The van der Waals surface area contributed by atoms with E-state index in [0.717, 1.165) is 22.3 Å². The zero-order valence-corrected chi connectivity index (χ0v) is 16.7. The van der Waals surface area contributed by atoms with Crippen LogP contribution in [0.3, 0.4) is 0 Å². The number of ether oxygens (including phenoxy) is 2. The van der Waals surface area contributed by atoms with Gasteiger partial charge in [0.15, 0.2) is 0 Å². The molecule has 0 saturated heterocycles. The van der Waals surface area contributed by atoms with Crippen molar-refractivity contribution in [3.05, 3.63) is 70.8 Å². The van der Waals surface area contributed by atoms with E-state index in [0.29, 0.717) is 0 Å². The maximum absolute atomic E-state index is 13.7. The number of hydrogen-bond acceptors (Lipinski definition) is 5. The first-order valence-corrected chi connectivity index (χ1v) is 10.7. The molecule has 2 atom stereocenters. The number of benzene rings is 2. The Morgan fingerprint density at radius 3 is 1.84 bits per heavy atom. The third-order valence-electron chi connectivity index (χ3n) is 5.66. The van der Waals surface area contributed by atoms with Crippen LogP contribution in [0.4, 0.5) is 26.7 Å². The van der Waals surface area contributed by atoms with E-state index in [1.165, 1.54) is 0 Å². The summed E-state index contributed by atoms with van der Waals surface area (Å²) in [7, 11) is -6.54. The molecule has 2 aromatic rings. The average molecular weight is 478 g/mol. The van der Waals surface area contributed by atoms with Gasteiger partial charge in [-0.3, -0.25) is 4.55 Å². The highest BCUT2D eigenvalue weighted by Crippen LogP contribution is 2.53. The smallest absolute Gasteiger partial charge is 0.430 e. The Bertz CT molecular complexity index is 1120. The first-order valence-electron chi connectivity index (χ1n) is 9.29. The predicted octanol–water partition coefficient (Wildman–Crippen LogP) is 4.60. The normalized spacial score (nSPS) is 23.1. The number of alkyl halides is 5. The van der Waals surface area contributed by atoms with E-state index in [4.69, 9.17) is 9.29 Å². The van der Waals surface area contributed by atoms with E-state index in [2.05, 4.69) is 4.74 Å². The van der Waals surface area contributed by atoms with Crippen molar-refractivity contribution >= 4 is 16.3 Å². The number of carbonyl (C=O) groups is 1. The highest BCUT2D eigenvalue weighted by molar-refractivity contribution is 7.86. The van der Waals surface area contributed by atoms with Gasteiger partial charge in [-0.1, -0.05) is 48.5 Å². The molecule has 0 saturated carbocycles. The second kappa shape index (κ2) is 7.41. The number of fused-ring (bicyclic) bond motifs is 1. The predicted molar refractivity (Wildman–Crippen MR) is 98.9 cm³/mol. The van der Waals surface area contributed by atoms with Crippen molar-refractivity contribution in [3.63, 3.8) is 0 Å². The minimum absolute atomic E-state index is 0.166. The molecule has 32 heavy (non-hydrogen) atoms. The van der Waals surface area contributed by atoms with Gasteiger partial charge in [0.1, 0.15) is 6.10 Å². The molecule has 1 N–H and O–H groups in total. The fourth-order valence-corrected chi connectivity index (χ4v) is 4.86. The van der Waals surface area contributed by atoms with Crippen molar-refractivity contribution in [3.8, 4) is 0 Å². The Kier molecular flexibility index (Phi) is 5.20. The average Bonchev–Trinajstić information content (AvgIpc) is 2.70. The van der Waals surface area contributed by atoms with Crippen molar-refractivity contribution in [1.29, 1.82) is 0 Å². The maximum Gasteiger partial charge on any atom is 0.509 e. The molecule has 12 heteroatoms. The van der Waals surface area contributed by atoms with Crippen LogP contribution in [0.25, 0.3) is 0 Å². The van der Waals surface area contributed by atoms with E-state index in [1.807, 2.05) is 24.3 Å². The molecule has 3 aliphatic carbocycles. The molecule has 172 valence electrons. The minimum Gasteiger partial charge on any atom is -0.430 e. The monoisotopic (exact) mass is 478 g/mol. The van der Waals surface area contributed by atoms with Crippen LogP contribution in [0.2, 0.25) is 0 Å². The zero-order valence-electron chi connectivity index (χ0n) is 15.9. The van der Waals surface area contributed by atoms with Gasteiger partial charge in [-0.05, 0) is 28.7 Å². The molecule has 0 heterocycles. The molecule has 0 spiro atoms. The second-order valence-corrected chi connectivity index (χ2v) is 9.00. The number of hydrogen-bond donors (Lipinski definition) is 1. The quantitative estimate of drug-likeness (QED) is 0.393. The Balaban J connectivity index is 1.62. The molecule has 5 rings (SSSR count). The summed E-state index contributed by atoms with van der Waals surface area (Å²) in [6.07, 6.45) is -13.4. The lowest BCUT2D eigenvalue weighted by molar-refractivity contribution is -0.253. The molecule has 0 aliphatic heterocycles. The number of rotatable bonds is 4. The Labute approximate surface area is 178 Å². The number of carbonyl (C=O) groups excluding carboxylic acids is 1. The SMILES string of the molecule is O=C(OC1CC2c3ccccc3C1c1ccccc12)OC(C(F)(F)F)C(F)(F)S(=O)(=O)O. The summed E-state index contributed by atoms with van der Waals surface area (Å²) in [5.74, 6) is -0.825. The summed E-state index contributed by atoms with van der Waals surface area (Å²) in [4.78, 5) is 12.1. The molecule has 0 radical (unpaired) electrons. The molecular formula is C20H15F5O6S. The van der Waals surface area contributed by atoms with Crippen molar-refractivity contribution in [2.45, 2.75) is 41.9 Å². The van der Waals surface area contributed by atoms with Crippen molar-refractivity contribution in [1.82, 2.24) is 0 Å². The minimum atomic E-state index is -6.54. The van der Waals surface area contributed by atoms with Gasteiger partial charge in [0, 0.05) is 11.8 Å². The third-order valence-corrected chi connectivity index (χ3v) is 6.56. The lowest BCUT2D eigenvalue weighted by atomic mass is 9.62. The van der Waals surface area contributed by atoms with Gasteiger partial charge in [0.05, 0.1) is 0 Å². The molecule has 0 amide bonds. The third kappa shape index (κ3) is 3.60. The van der Waals surface area contributed by atoms with Gasteiger partial charge in [-0.15, -0.1) is 0 Å². The van der Waals surface area contributed by atoms with E-state index in [9.17, 15) is 35.2 Å². The molecule has 2 bridgehead atoms. The number of halogens is 5. The first kappa shape index (κ1) is 22.5.